The van der Waals surface area contributed by atoms with Crippen LogP contribution in [0.2, 0.25) is 0 Å². The van der Waals surface area contributed by atoms with Gasteiger partial charge in [-0.2, -0.15) is 26.3 Å². The number of rotatable bonds is 3. The number of fused-ring (bicyclic) bond motifs is 2. The van der Waals surface area contributed by atoms with Gasteiger partial charge in [0.2, 0.25) is 0 Å². The maximum Gasteiger partial charge on any atom is 0.416 e. The van der Waals surface area contributed by atoms with Crippen LogP contribution in [0, 0.1) is 12.8 Å². The van der Waals surface area contributed by atoms with Crippen molar-refractivity contribution in [3.05, 3.63) is 99.1 Å². The molecule has 1 aliphatic heterocycles. The summed E-state index contributed by atoms with van der Waals surface area (Å²) in [6, 6.07) is 13.0. The average molecular weight is 560 g/mol. The molecule has 1 atom stereocenters. The van der Waals surface area contributed by atoms with E-state index in [1.54, 1.807) is 16.8 Å². The van der Waals surface area contributed by atoms with Crippen molar-refractivity contribution in [2.24, 2.45) is 5.92 Å². The van der Waals surface area contributed by atoms with E-state index in [1.165, 1.54) is 0 Å². The van der Waals surface area contributed by atoms with E-state index in [9.17, 15) is 31.1 Å². The zero-order valence-corrected chi connectivity index (χ0v) is 21.9. The van der Waals surface area contributed by atoms with Crippen LogP contribution in [-0.4, -0.2) is 21.0 Å². The summed E-state index contributed by atoms with van der Waals surface area (Å²) in [4.78, 5) is 19.8. The second kappa shape index (κ2) is 10.4. The zero-order valence-electron chi connectivity index (χ0n) is 21.9. The second-order valence-electron chi connectivity index (χ2n) is 10.5. The lowest BCUT2D eigenvalue weighted by atomic mass is 9.95. The van der Waals surface area contributed by atoms with E-state index < -0.39 is 23.5 Å². The van der Waals surface area contributed by atoms with Crippen molar-refractivity contribution < 1.29 is 26.3 Å². The number of nitrogens with zero attached hydrogens (tertiary/aromatic N) is 3. The van der Waals surface area contributed by atoms with Crippen molar-refractivity contribution in [2.75, 3.05) is 6.54 Å². The molecule has 0 saturated carbocycles. The third-order valence-corrected chi connectivity index (χ3v) is 7.32. The molecule has 0 radical (unpaired) electrons. The van der Waals surface area contributed by atoms with Crippen LogP contribution in [0.15, 0.2) is 65.6 Å². The summed E-state index contributed by atoms with van der Waals surface area (Å²) < 4.78 is 82.8. The number of alkyl halides is 6. The van der Waals surface area contributed by atoms with E-state index in [4.69, 9.17) is 0 Å². The first kappa shape index (κ1) is 27.9. The quantitative estimate of drug-likeness (QED) is 0.245. The van der Waals surface area contributed by atoms with Crippen molar-refractivity contribution in [3.8, 4) is 11.1 Å². The molecular formula is C30H27F6N3O. The van der Waals surface area contributed by atoms with Gasteiger partial charge >= 0.3 is 12.4 Å². The Kier molecular flexibility index (Phi) is 7.24. The van der Waals surface area contributed by atoms with Crippen LogP contribution in [0.1, 0.15) is 41.3 Å². The predicted molar refractivity (Wildman–Crippen MR) is 141 cm³/mol. The highest BCUT2D eigenvalue weighted by molar-refractivity contribution is 5.95. The van der Waals surface area contributed by atoms with Gasteiger partial charge < -0.3 is 4.57 Å². The highest BCUT2D eigenvalue weighted by Crippen LogP contribution is 2.37. The number of aryl methyl sites for hydroxylation is 1. The molecule has 2 aromatic heterocycles. The Morgan fingerprint density at radius 3 is 2.23 bits per heavy atom. The lowest BCUT2D eigenvalue weighted by Gasteiger charge is -2.32. The molecule has 40 heavy (non-hydrogen) atoms. The van der Waals surface area contributed by atoms with E-state index in [0.717, 1.165) is 28.8 Å². The SMILES string of the molecule is Cc1ccc(-c2c3n(c(=O)c4ncccc24)CC[C@@H](C)CN(Cc2cc(C(F)(F)F)cc(C(F)(F)F)c2)C3)cc1. The Hall–Kier alpha value is -3.66. The van der Waals surface area contributed by atoms with Gasteiger partial charge in [0.25, 0.3) is 5.56 Å². The fraction of sp³-hybridized carbons (Fsp3) is 0.333. The largest absolute Gasteiger partial charge is 0.416 e. The van der Waals surface area contributed by atoms with Gasteiger partial charge in [-0.3, -0.25) is 14.7 Å². The zero-order chi connectivity index (χ0) is 28.8. The summed E-state index contributed by atoms with van der Waals surface area (Å²) >= 11 is 0. The molecule has 0 spiro atoms. The molecule has 2 aromatic carbocycles. The van der Waals surface area contributed by atoms with Gasteiger partial charge in [-0.15, -0.1) is 0 Å². The minimum Gasteiger partial charge on any atom is -0.309 e. The minimum absolute atomic E-state index is 0.0372. The van der Waals surface area contributed by atoms with Gasteiger partial charge in [0.1, 0.15) is 5.52 Å². The molecule has 210 valence electrons. The summed E-state index contributed by atoms with van der Waals surface area (Å²) in [5, 5.41) is 0.648. The van der Waals surface area contributed by atoms with Crippen LogP contribution < -0.4 is 5.56 Å². The Labute approximate surface area is 226 Å². The molecule has 0 bridgehead atoms. The lowest BCUT2D eigenvalue weighted by Crippen LogP contribution is -2.36. The van der Waals surface area contributed by atoms with Crippen LogP contribution in [0.25, 0.3) is 22.0 Å². The minimum atomic E-state index is -4.93. The Morgan fingerprint density at radius 1 is 0.950 bits per heavy atom. The summed E-state index contributed by atoms with van der Waals surface area (Å²) in [5.41, 5.74) is 0.595. The second-order valence-corrected chi connectivity index (χ2v) is 10.5. The van der Waals surface area contributed by atoms with Crippen molar-refractivity contribution in [3.63, 3.8) is 0 Å². The molecule has 0 saturated heterocycles. The molecule has 4 nitrogen and oxygen atoms in total. The number of pyridine rings is 2. The first-order valence-electron chi connectivity index (χ1n) is 12.9. The summed E-state index contributed by atoms with van der Waals surface area (Å²) in [5.74, 6) is 0.0372. The molecule has 1 aliphatic rings. The first-order chi connectivity index (χ1) is 18.8. The van der Waals surface area contributed by atoms with Crippen LogP contribution in [0.5, 0.6) is 0 Å². The molecule has 3 heterocycles. The molecule has 5 rings (SSSR count). The highest BCUT2D eigenvalue weighted by atomic mass is 19.4. The Balaban J connectivity index is 1.66. The van der Waals surface area contributed by atoms with E-state index in [1.807, 2.05) is 49.1 Å². The molecule has 4 aromatic rings. The molecular weight excluding hydrogens is 532 g/mol. The Morgan fingerprint density at radius 2 is 1.60 bits per heavy atom. The van der Waals surface area contributed by atoms with Gasteiger partial charge in [0.05, 0.1) is 11.1 Å². The number of hydrogen-bond donors (Lipinski definition) is 0. The van der Waals surface area contributed by atoms with Gasteiger partial charge in [-0.1, -0.05) is 42.8 Å². The fourth-order valence-corrected chi connectivity index (χ4v) is 5.41. The molecule has 0 aliphatic carbocycles. The van der Waals surface area contributed by atoms with Gasteiger partial charge in [0, 0.05) is 49.0 Å². The predicted octanol–water partition coefficient (Wildman–Crippen LogP) is 7.45. The van der Waals surface area contributed by atoms with Gasteiger partial charge in [-0.05, 0) is 54.7 Å². The Bertz CT molecular complexity index is 1570. The van der Waals surface area contributed by atoms with Crippen molar-refractivity contribution in [1.82, 2.24) is 14.5 Å². The van der Waals surface area contributed by atoms with E-state index in [0.29, 0.717) is 36.1 Å². The smallest absolute Gasteiger partial charge is 0.309 e. The lowest BCUT2D eigenvalue weighted by molar-refractivity contribution is -0.143. The van der Waals surface area contributed by atoms with Crippen LogP contribution in [0.3, 0.4) is 0 Å². The first-order valence-corrected chi connectivity index (χ1v) is 12.9. The van der Waals surface area contributed by atoms with Crippen LogP contribution in [0.4, 0.5) is 26.3 Å². The van der Waals surface area contributed by atoms with E-state index in [2.05, 4.69) is 4.98 Å². The maximum absolute atomic E-state index is 13.6. The summed E-state index contributed by atoms with van der Waals surface area (Å²) in [6.07, 6.45) is -7.70. The number of aromatic nitrogens is 2. The van der Waals surface area contributed by atoms with E-state index in [-0.39, 0.29) is 36.2 Å². The molecule has 0 N–H and O–H groups in total. The third-order valence-electron chi connectivity index (χ3n) is 7.32. The normalized spacial score (nSPS) is 16.9. The number of hydrogen-bond acceptors (Lipinski definition) is 3. The molecule has 10 heteroatoms. The van der Waals surface area contributed by atoms with Crippen molar-refractivity contribution >= 4 is 10.9 Å². The maximum atomic E-state index is 13.6. The number of halogens is 6. The van der Waals surface area contributed by atoms with E-state index >= 15 is 0 Å². The molecule has 0 amide bonds. The van der Waals surface area contributed by atoms with Crippen LogP contribution in [-0.2, 0) is 32.0 Å². The standard InChI is InChI=1S/C30H27F6N3O/c1-18-5-7-21(8-6-18)26-24-4-3-10-37-27(24)28(40)39-11-9-19(2)15-38(17-25(26)39)16-20-12-22(29(31,32)33)14-23(13-20)30(34,35)36/h3-8,10,12-14,19H,9,11,15-17H2,1-2H3/t19-/m1/s1. The summed E-state index contributed by atoms with van der Waals surface area (Å²) in [6.45, 7) is 4.78. The summed E-state index contributed by atoms with van der Waals surface area (Å²) in [7, 11) is 0. The highest BCUT2D eigenvalue weighted by Gasteiger charge is 2.37. The fourth-order valence-electron chi connectivity index (χ4n) is 5.41. The monoisotopic (exact) mass is 559 g/mol. The average Bonchev–Trinajstić information content (AvgIpc) is 2.87. The topological polar surface area (TPSA) is 38.1 Å². The van der Waals surface area contributed by atoms with Gasteiger partial charge in [0.15, 0.2) is 0 Å². The molecule has 0 unspecified atom stereocenters. The van der Waals surface area contributed by atoms with Crippen LogP contribution >= 0.6 is 0 Å². The molecule has 0 fully saturated rings. The number of benzene rings is 2. The van der Waals surface area contributed by atoms with Gasteiger partial charge in [-0.25, -0.2) is 0 Å². The van der Waals surface area contributed by atoms with Crippen molar-refractivity contribution in [1.29, 1.82) is 0 Å². The third kappa shape index (κ3) is 5.63. The van der Waals surface area contributed by atoms with Crippen molar-refractivity contribution in [2.45, 2.75) is 52.3 Å².